The lowest BCUT2D eigenvalue weighted by molar-refractivity contribution is -0.0630. The van der Waals surface area contributed by atoms with Crippen molar-refractivity contribution in [2.45, 2.75) is 19.4 Å². The third-order valence-corrected chi connectivity index (χ3v) is 1.19. The van der Waals surface area contributed by atoms with E-state index < -0.39 is 0 Å². The maximum Gasteiger partial charge on any atom is 0.0563 e. The quantitative estimate of drug-likeness (QED) is 0.489. The Labute approximate surface area is 43.0 Å². The number of rotatable bonds is 0. The molecule has 1 unspecified atom stereocenters. The van der Waals surface area contributed by atoms with Crippen LogP contribution in [0.3, 0.4) is 0 Å². The molecule has 0 fully saturated rings. The smallest absolute Gasteiger partial charge is 0.0563 e. The first-order valence-corrected chi connectivity index (χ1v) is 2.44. The Morgan fingerprint density at radius 2 is 2.57 bits per heavy atom. The number of nitrogens with zero attached hydrogens (tertiary/aromatic N) is 1. The molecule has 40 valence electrons. The third-order valence-electron chi connectivity index (χ3n) is 1.19. The summed E-state index contributed by atoms with van der Waals surface area (Å²) in [6, 6.07) is 0.292. The Kier molecular flexibility index (Phi) is 1.02. The van der Waals surface area contributed by atoms with Gasteiger partial charge in [0.2, 0.25) is 0 Å². The first-order valence-electron chi connectivity index (χ1n) is 2.44. The van der Waals surface area contributed by atoms with Crippen LogP contribution in [0.25, 0.3) is 0 Å². The van der Waals surface area contributed by atoms with Crippen molar-refractivity contribution in [3.8, 4) is 0 Å². The third kappa shape index (κ3) is 0.747. The second-order valence-electron chi connectivity index (χ2n) is 1.85. The molecule has 1 N–H and O–H groups in total. The van der Waals surface area contributed by atoms with Gasteiger partial charge < -0.3 is 0 Å². The maximum absolute atomic E-state index is 8.74. The van der Waals surface area contributed by atoms with Crippen LogP contribution in [0.15, 0.2) is 12.3 Å². The monoisotopic (exact) mass is 99.1 g/mol. The van der Waals surface area contributed by atoms with Crippen LogP contribution >= 0.6 is 0 Å². The second kappa shape index (κ2) is 1.54. The number of hydrogen-bond acceptors (Lipinski definition) is 2. The Morgan fingerprint density at radius 1 is 1.86 bits per heavy atom. The van der Waals surface area contributed by atoms with Crippen molar-refractivity contribution in [3.05, 3.63) is 12.3 Å². The summed E-state index contributed by atoms with van der Waals surface area (Å²) in [4.78, 5) is 0. The number of hydroxylamine groups is 2. The molecule has 0 aromatic carbocycles. The van der Waals surface area contributed by atoms with Gasteiger partial charge in [0.1, 0.15) is 0 Å². The van der Waals surface area contributed by atoms with Gasteiger partial charge >= 0.3 is 0 Å². The van der Waals surface area contributed by atoms with Crippen molar-refractivity contribution < 1.29 is 5.21 Å². The summed E-state index contributed by atoms with van der Waals surface area (Å²) in [6.45, 7) is 1.97. The average Bonchev–Trinajstić information content (AvgIpc) is 1.91. The van der Waals surface area contributed by atoms with Gasteiger partial charge in [0, 0.05) is 6.20 Å². The summed E-state index contributed by atoms with van der Waals surface area (Å²) in [7, 11) is 0. The van der Waals surface area contributed by atoms with Crippen molar-refractivity contribution >= 4 is 0 Å². The van der Waals surface area contributed by atoms with Crippen LogP contribution in [0, 0.1) is 0 Å². The zero-order valence-corrected chi connectivity index (χ0v) is 4.33. The van der Waals surface area contributed by atoms with E-state index in [9.17, 15) is 0 Å². The summed E-state index contributed by atoms with van der Waals surface area (Å²) < 4.78 is 0. The second-order valence-corrected chi connectivity index (χ2v) is 1.85. The van der Waals surface area contributed by atoms with Gasteiger partial charge in [0.15, 0.2) is 0 Å². The predicted octanol–water partition coefficient (Wildman–Crippen LogP) is 0.984. The van der Waals surface area contributed by atoms with Gasteiger partial charge in [-0.05, 0) is 13.3 Å². The average molecular weight is 99.1 g/mol. The molecular formula is C5H9NO. The molecule has 0 bridgehead atoms. The van der Waals surface area contributed by atoms with Gasteiger partial charge in [-0.3, -0.25) is 10.3 Å². The van der Waals surface area contributed by atoms with Gasteiger partial charge in [0.25, 0.3) is 0 Å². The molecule has 0 spiro atoms. The Bertz CT molecular complexity index is 90.1. The SMILES string of the molecule is CC1CC=CN1O. The minimum Gasteiger partial charge on any atom is -0.289 e. The van der Waals surface area contributed by atoms with Crippen LogP contribution in [0.5, 0.6) is 0 Å². The van der Waals surface area contributed by atoms with Crippen molar-refractivity contribution in [2.75, 3.05) is 0 Å². The largest absolute Gasteiger partial charge is 0.289 e. The highest BCUT2D eigenvalue weighted by Gasteiger charge is 2.09. The summed E-state index contributed by atoms with van der Waals surface area (Å²) >= 11 is 0. The molecule has 2 heteroatoms. The summed E-state index contributed by atoms with van der Waals surface area (Å²) in [5.41, 5.74) is 0. The number of hydrogen-bond donors (Lipinski definition) is 1. The van der Waals surface area contributed by atoms with E-state index in [1.807, 2.05) is 13.0 Å². The molecule has 1 rings (SSSR count). The van der Waals surface area contributed by atoms with E-state index in [2.05, 4.69) is 0 Å². The van der Waals surface area contributed by atoms with Crippen molar-refractivity contribution in [3.63, 3.8) is 0 Å². The van der Waals surface area contributed by atoms with Crippen LogP contribution in [-0.2, 0) is 0 Å². The van der Waals surface area contributed by atoms with Crippen molar-refractivity contribution in [1.29, 1.82) is 0 Å². The van der Waals surface area contributed by atoms with Crippen molar-refractivity contribution in [1.82, 2.24) is 5.06 Å². The maximum atomic E-state index is 8.74. The molecule has 0 aromatic heterocycles. The topological polar surface area (TPSA) is 23.5 Å². The van der Waals surface area contributed by atoms with Gasteiger partial charge in [-0.15, -0.1) is 0 Å². The highest BCUT2D eigenvalue weighted by molar-refractivity contribution is 4.91. The zero-order chi connectivity index (χ0) is 5.28. The molecule has 1 heterocycles. The van der Waals surface area contributed by atoms with Crippen LogP contribution in [0.1, 0.15) is 13.3 Å². The Hall–Kier alpha value is -0.500. The summed E-state index contributed by atoms with van der Waals surface area (Å²) in [5.74, 6) is 0. The van der Waals surface area contributed by atoms with Gasteiger partial charge in [0.05, 0.1) is 6.04 Å². The first kappa shape index (κ1) is 4.65. The fourth-order valence-electron chi connectivity index (χ4n) is 0.621. The zero-order valence-electron chi connectivity index (χ0n) is 4.33. The molecule has 0 radical (unpaired) electrons. The van der Waals surface area contributed by atoms with E-state index in [0.717, 1.165) is 6.42 Å². The van der Waals surface area contributed by atoms with Crippen molar-refractivity contribution in [2.24, 2.45) is 0 Å². The molecule has 0 saturated heterocycles. The highest BCUT2D eigenvalue weighted by Crippen LogP contribution is 2.08. The summed E-state index contributed by atoms with van der Waals surface area (Å²) in [5, 5.41) is 9.97. The molecule has 7 heavy (non-hydrogen) atoms. The molecule has 2 nitrogen and oxygen atoms in total. The van der Waals surface area contributed by atoms with Gasteiger partial charge in [-0.25, -0.2) is 0 Å². The van der Waals surface area contributed by atoms with E-state index in [4.69, 9.17) is 5.21 Å². The molecule has 0 saturated carbocycles. The predicted molar refractivity (Wildman–Crippen MR) is 26.8 cm³/mol. The minimum absolute atomic E-state index is 0.292. The molecule has 0 aromatic rings. The molecule has 1 aliphatic rings. The fraction of sp³-hybridized carbons (Fsp3) is 0.600. The van der Waals surface area contributed by atoms with Crippen LogP contribution in [0.4, 0.5) is 0 Å². The molecule has 0 amide bonds. The van der Waals surface area contributed by atoms with E-state index in [0.29, 0.717) is 6.04 Å². The molecular weight excluding hydrogens is 90.1 g/mol. The molecule has 1 atom stereocenters. The fourth-order valence-corrected chi connectivity index (χ4v) is 0.621. The minimum atomic E-state index is 0.292. The Balaban J connectivity index is 2.45. The van der Waals surface area contributed by atoms with Gasteiger partial charge in [-0.2, -0.15) is 0 Å². The van der Waals surface area contributed by atoms with Gasteiger partial charge in [-0.1, -0.05) is 6.08 Å². The van der Waals surface area contributed by atoms with Crippen LogP contribution in [0.2, 0.25) is 0 Å². The molecule has 0 aliphatic carbocycles. The first-order chi connectivity index (χ1) is 3.30. The lowest BCUT2D eigenvalue weighted by atomic mass is 10.3. The highest BCUT2D eigenvalue weighted by atomic mass is 16.5. The summed E-state index contributed by atoms with van der Waals surface area (Å²) in [6.07, 6.45) is 4.60. The standard InChI is InChI=1S/C5H9NO/c1-5-3-2-4-6(5)7/h2,4-5,7H,3H2,1H3. The normalized spacial score (nSPS) is 29.4. The van der Waals surface area contributed by atoms with E-state index in [-0.39, 0.29) is 0 Å². The van der Waals surface area contributed by atoms with E-state index in [1.54, 1.807) is 6.20 Å². The van der Waals surface area contributed by atoms with Crippen LogP contribution in [-0.4, -0.2) is 16.3 Å². The van der Waals surface area contributed by atoms with E-state index in [1.165, 1.54) is 5.06 Å². The van der Waals surface area contributed by atoms with Crippen LogP contribution < -0.4 is 0 Å². The lowest BCUT2D eigenvalue weighted by Crippen LogP contribution is -2.18. The Morgan fingerprint density at radius 3 is 2.71 bits per heavy atom. The lowest BCUT2D eigenvalue weighted by Gasteiger charge is -2.11. The molecule has 1 aliphatic heterocycles. The van der Waals surface area contributed by atoms with E-state index >= 15 is 0 Å².